The Morgan fingerprint density at radius 2 is 1.91 bits per heavy atom. The summed E-state index contributed by atoms with van der Waals surface area (Å²) in [4.78, 5) is 42.1. The van der Waals surface area contributed by atoms with Crippen LogP contribution < -0.4 is 10.6 Å². The molecular weight excluding hydrogens is 420 g/mol. The van der Waals surface area contributed by atoms with Gasteiger partial charge in [-0.05, 0) is 24.3 Å². The Morgan fingerprint density at radius 3 is 2.47 bits per heavy atom. The first-order valence-electron chi connectivity index (χ1n) is 9.83. The van der Waals surface area contributed by atoms with Gasteiger partial charge in [-0.1, -0.05) is 0 Å². The van der Waals surface area contributed by atoms with Crippen LogP contribution in [0, 0.1) is 17.2 Å². The molecule has 1 aromatic carbocycles. The maximum atomic E-state index is 13.4. The van der Waals surface area contributed by atoms with E-state index >= 15 is 0 Å². The summed E-state index contributed by atoms with van der Waals surface area (Å²) in [5.74, 6) is -7.11. The van der Waals surface area contributed by atoms with Crippen LogP contribution >= 0.6 is 0 Å². The number of ketones is 2. The molecule has 1 aromatic rings. The highest BCUT2D eigenvalue weighted by molar-refractivity contribution is 6.22. The molecule has 3 atom stereocenters. The van der Waals surface area contributed by atoms with E-state index < -0.39 is 57.8 Å². The zero-order valence-electron chi connectivity index (χ0n) is 17.3. The molecule has 11 nitrogen and oxygen atoms in total. The minimum Gasteiger partial charge on any atom is -0.508 e. The number of nitrogens with zero attached hydrogens (tertiary/aromatic N) is 3. The standard InChI is InChI=1S/C21H20N4O7/c1-25(2)11-6-10(24-23)16(27)14-9(11)4-7-3-8-5-12(26)15(20(22)31)19(30)21(8,32)18(29)13(7)17(14)28/h6-8,32H,3-5H2,1-2H3,(H4-,22,26,27,28,29,30,31)/p+1/t7-,8+,21+/m1/s1. The lowest BCUT2D eigenvalue weighted by Gasteiger charge is -2.46. The van der Waals surface area contributed by atoms with Gasteiger partial charge in [0.05, 0.1) is 11.6 Å². The van der Waals surface area contributed by atoms with Crippen molar-refractivity contribution in [3.63, 3.8) is 0 Å². The van der Waals surface area contributed by atoms with Crippen molar-refractivity contribution in [2.45, 2.75) is 24.9 Å². The fourth-order valence-corrected chi connectivity index (χ4v) is 5.13. The summed E-state index contributed by atoms with van der Waals surface area (Å²) in [6, 6.07) is 1.42. The largest absolute Gasteiger partial charge is 0.508 e. The van der Waals surface area contributed by atoms with E-state index in [1.54, 1.807) is 19.0 Å². The van der Waals surface area contributed by atoms with Gasteiger partial charge >= 0.3 is 5.69 Å². The van der Waals surface area contributed by atoms with Gasteiger partial charge in [-0.15, -0.1) is 0 Å². The van der Waals surface area contributed by atoms with E-state index in [2.05, 4.69) is 4.98 Å². The molecule has 1 fully saturated rings. The third kappa shape index (κ3) is 2.56. The van der Waals surface area contributed by atoms with Gasteiger partial charge in [0.1, 0.15) is 17.1 Å². The van der Waals surface area contributed by atoms with Gasteiger partial charge in [0, 0.05) is 37.7 Å². The van der Waals surface area contributed by atoms with Crippen molar-refractivity contribution in [2.75, 3.05) is 19.0 Å². The molecule has 0 saturated heterocycles. The van der Waals surface area contributed by atoms with E-state index in [9.17, 15) is 40.2 Å². The Labute approximate surface area is 181 Å². The second-order valence-corrected chi connectivity index (χ2v) is 8.52. The number of diazo groups is 1. The number of nitrogens with two attached hydrogens (primary N) is 1. The van der Waals surface area contributed by atoms with Crippen LogP contribution in [-0.4, -0.2) is 57.6 Å². The van der Waals surface area contributed by atoms with Crippen molar-refractivity contribution >= 4 is 34.6 Å². The predicted molar refractivity (Wildman–Crippen MR) is 110 cm³/mol. The molecule has 4 rings (SSSR count). The Kier molecular flexibility index (Phi) is 4.53. The fraction of sp³-hybridized carbons (Fsp3) is 0.381. The SMILES string of the molecule is CN(C)c1cc([N+]#N)c(O)c2c1C[C@H]1C[C@H]3CC(=O)C(C(N)=O)=C(O)[C@@]3(O)C(=O)C1=C2O. The number of fused-ring (bicyclic) bond motifs is 3. The van der Waals surface area contributed by atoms with Crippen LogP contribution in [0.3, 0.4) is 0 Å². The smallest absolute Gasteiger partial charge is 0.428 e. The molecule has 0 unspecified atom stereocenters. The number of aliphatic hydroxyl groups is 3. The van der Waals surface area contributed by atoms with Crippen LogP contribution in [0.15, 0.2) is 23.0 Å². The number of anilines is 1. The normalized spacial score (nSPS) is 26.8. The lowest BCUT2D eigenvalue weighted by molar-refractivity contribution is -0.147. The number of phenolic OH excluding ortho intramolecular Hbond substituents is 1. The molecule has 3 aliphatic rings. The molecule has 0 bridgehead atoms. The number of rotatable bonds is 2. The van der Waals surface area contributed by atoms with Crippen LogP contribution in [0.25, 0.3) is 10.7 Å². The second kappa shape index (κ2) is 6.80. The summed E-state index contributed by atoms with van der Waals surface area (Å²) in [6.07, 6.45) is -0.167. The van der Waals surface area contributed by atoms with Crippen LogP contribution in [0.4, 0.5) is 11.4 Å². The van der Waals surface area contributed by atoms with Crippen molar-refractivity contribution in [1.29, 1.82) is 5.39 Å². The Hall–Kier alpha value is -3.91. The van der Waals surface area contributed by atoms with Crippen molar-refractivity contribution < 1.29 is 34.8 Å². The molecular formula is C21H21N4O7+. The molecule has 0 aromatic heterocycles. The summed E-state index contributed by atoms with van der Waals surface area (Å²) >= 11 is 0. The van der Waals surface area contributed by atoms with Crippen LogP contribution in [-0.2, 0) is 20.8 Å². The topological polar surface area (TPSA) is 190 Å². The number of carbonyl (C=O) groups is 3. The number of phenols is 1. The predicted octanol–water partition coefficient (Wildman–Crippen LogP) is 0.974. The highest BCUT2D eigenvalue weighted by Crippen LogP contribution is 2.54. The first-order valence-corrected chi connectivity index (χ1v) is 9.83. The highest BCUT2D eigenvalue weighted by Gasteiger charge is 2.60. The van der Waals surface area contributed by atoms with Crippen molar-refractivity contribution in [2.24, 2.45) is 17.6 Å². The van der Waals surface area contributed by atoms with Gasteiger partial charge in [0.15, 0.2) is 16.4 Å². The Bertz CT molecular complexity index is 1220. The van der Waals surface area contributed by atoms with Crippen molar-refractivity contribution in [3.8, 4) is 5.75 Å². The molecule has 11 heteroatoms. The van der Waals surface area contributed by atoms with E-state index in [4.69, 9.17) is 5.73 Å². The lowest BCUT2D eigenvalue weighted by Crippen LogP contribution is -2.58. The zero-order valence-corrected chi connectivity index (χ0v) is 17.3. The van der Waals surface area contributed by atoms with Crippen LogP contribution in [0.1, 0.15) is 24.0 Å². The molecule has 0 heterocycles. The number of hydrogen-bond acceptors (Lipinski definition) is 9. The van der Waals surface area contributed by atoms with E-state index in [0.29, 0.717) is 11.3 Å². The van der Waals surface area contributed by atoms with Crippen molar-refractivity contribution in [1.82, 2.24) is 0 Å². The van der Waals surface area contributed by atoms with Gasteiger partial charge in [-0.25, -0.2) is 0 Å². The van der Waals surface area contributed by atoms with Crippen molar-refractivity contribution in [3.05, 3.63) is 39.1 Å². The monoisotopic (exact) mass is 441 g/mol. The number of Topliss-reactive ketones (excluding diaryl/α,β-unsaturated/α-hetero) is 2. The molecule has 3 aliphatic carbocycles. The first kappa shape index (κ1) is 21.3. The number of aliphatic hydroxyl groups excluding tert-OH is 2. The number of primary amides is 1. The fourth-order valence-electron chi connectivity index (χ4n) is 5.13. The highest BCUT2D eigenvalue weighted by atomic mass is 16.3. The summed E-state index contributed by atoms with van der Waals surface area (Å²) in [5.41, 5.74) is 2.10. The third-order valence-corrected chi connectivity index (χ3v) is 6.61. The van der Waals surface area contributed by atoms with Gasteiger partial charge in [0.2, 0.25) is 16.9 Å². The third-order valence-electron chi connectivity index (χ3n) is 6.61. The van der Waals surface area contributed by atoms with Gasteiger partial charge < -0.3 is 31.1 Å². The van der Waals surface area contributed by atoms with E-state index in [1.807, 2.05) is 0 Å². The second-order valence-electron chi connectivity index (χ2n) is 8.52. The average Bonchev–Trinajstić information content (AvgIpc) is 2.70. The lowest BCUT2D eigenvalue weighted by atomic mass is 9.59. The van der Waals surface area contributed by atoms with E-state index in [-0.39, 0.29) is 36.1 Å². The molecule has 0 spiro atoms. The quantitative estimate of drug-likeness (QED) is 0.329. The molecule has 0 radical (unpaired) electrons. The minimum absolute atomic E-state index is 0.0443. The number of aromatic hydroxyl groups is 1. The summed E-state index contributed by atoms with van der Waals surface area (Å²) < 4.78 is 0. The van der Waals surface area contributed by atoms with Crippen LogP contribution in [0.2, 0.25) is 0 Å². The molecule has 6 N–H and O–H groups in total. The van der Waals surface area contributed by atoms with Crippen LogP contribution in [0.5, 0.6) is 5.75 Å². The summed E-state index contributed by atoms with van der Waals surface area (Å²) in [7, 11) is 3.42. The Balaban J connectivity index is 1.99. The molecule has 1 amide bonds. The number of carbonyl (C=O) groups excluding carboxylic acids is 3. The summed E-state index contributed by atoms with van der Waals surface area (Å²) in [5, 5.41) is 52.6. The number of hydrogen-bond donors (Lipinski definition) is 5. The van der Waals surface area contributed by atoms with Gasteiger partial charge in [-0.3, -0.25) is 14.4 Å². The molecule has 1 saturated carbocycles. The molecule has 0 aliphatic heterocycles. The number of benzene rings is 1. The average molecular weight is 441 g/mol. The maximum absolute atomic E-state index is 13.4. The van der Waals surface area contributed by atoms with Gasteiger partial charge in [-0.2, -0.15) is 0 Å². The number of amides is 1. The van der Waals surface area contributed by atoms with Gasteiger partial charge in [0.25, 0.3) is 5.91 Å². The maximum Gasteiger partial charge on any atom is 0.428 e. The van der Waals surface area contributed by atoms with E-state index in [0.717, 1.165) is 0 Å². The molecule has 32 heavy (non-hydrogen) atoms. The molecule has 166 valence electrons. The zero-order chi connectivity index (χ0) is 23.7. The summed E-state index contributed by atoms with van der Waals surface area (Å²) in [6.45, 7) is 0. The Morgan fingerprint density at radius 1 is 1.25 bits per heavy atom. The van der Waals surface area contributed by atoms with E-state index in [1.165, 1.54) is 6.07 Å². The first-order chi connectivity index (χ1) is 14.9. The minimum atomic E-state index is -2.62.